The highest BCUT2D eigenvalue weighted by molar-refractivity contribution is 8.14. The van der Waals surface area contributed by atoms with Crippen molar-refractivity contribution in [1.29, 1.82) is 0 Å². The highest BCUT2D eigenvalue weighted by atomic mass is 32.2. The number of hydrogen-bond acceptors (Lipinski definition) is 4. The van der Waals surface area contributed by atoms with Crippen LogP contribution in [0.2, 0.25) is 0 Å². The van der Waals surface area contributed by atoms with E-state index in [-0.39, 0.29) is 0 Å². The van der Waals surface area contributed by atoms with Crippen LogP contribution in [-0.4, -0.2) is 22.4 Å². The number of aromatic nitrogens is 1. The average Bonchev–Trinajstić information content (AvgIpc) is 2.42. The fourth-order valence-electron chi connectivity index (χ4n) is 1.95. The van der Waals surface area contributed by atoms with Crippen molar-refractivity contribution in [3.8, 4) is 0 Å². The summed E-state index contributed by atoms with van der Waals surface area (Å²) in [7, 11) is 0. The molecule has 0 amide bonds. The molecule has 1 aromatic carbocycles. The molecular weight excluding hydrogens is 242 g/mol. The number of aliphatic imine (C=N–C) groups is 1. The van der Waals surface area contributed by atoms with Gasteiger partial charge in [-0.1, -0.05) is 36.9 Å². The zero-order valence-corrected chi connectivity index (χ0v) is 11.1. The minimum atomic E-state index is 0.672. The third kappa shape index (κ3) is 2.34. The maximum Gasteiger partial charge on any atom is 0.161 e. The van der Waals surface area contributed by atoms with Crippen LogP contribution in [0, 0.1) is 5.92 Å². The lowest BCUT2D eigenvalue weighted by Crippen LogP contribution is -2.18. The highest BCUT2D eigenvalue weighted by Crippen LogP contribution is 2.24. The summed E-state index contributed by atoms with van der Waals surface area (Å²) < 4.78 is 0. The average molecular weight is 257 g/mol. The van der Waals surface area contributed by atoms with Crippen LogP contribution in [0.1, 0.15) is 6.92 Å². The number of fused-ring (bicyclic) bond motifs is 1. The van der Waals surface area contributed by atoms with Crippen molar-refractivity contribution in [2.24, 2.45) is 10.9 Å². The van der Waals surface area contributed by atoms with Gasteiger partial charge in [-0.15, -0.1) is 0 Å². The molecule has 0 fully saturated rings. The van der Waals surface area contributed by atoms with E-state index in [0.717, 1.165) is 34.1 Å². The molecule has 0 saturated heterocycles. The molecule has 1 aliphatic rings. The summed E-state index contributed by atoms with van der Waals surface area (Å²) in [5.41, 5.74) is 2.04. The molecule has 4 heteroatoms. The summed E-state index contributed by atoms with van der Waals surface area (Å²) in [6.07, 6.45) is 1.82. The summed E-state index contributed by atoms with van der Waals surface area (Å²) in [5.74, 6) is 1.80. The van der Waals surface area contributed by atoms with Gasteiger partial charge in [0.05, 0.1) is 11.2 Å². The lowest BCUT2D eigenvalue weighted by molar-refractivity contribution is 0.674. The van der Waals surface area contributed by atoms with Gasteiger partial charge in [0, 0.05) is 23.9 Å². The zero-order chi connectivity index (χ0) is 12.4. The number of rotatable bonds is 1. The lowest BCUT2D eigenvalue weighted by Gasteiger charge is -2.18. The van der Waals surface area contributed by atoms with Gasteiger partial charge in [0.15, 0.2) is 5.17 Å². The maximum absolute atomic E-state index is 4.55. The van der Waals surface area contributed by atoms with E-state index in [0.29, 0.717) is 5.92 Å². The Morgan fingerprint density at radius 1 is 1.28 bits per heavy atom. The number of para-hydroxylation sites is 1. The Morgan fingerprint density at radius 3 is 3.00 bits per heavy atom. The normalized spacial score (nSPS) is 19.6. The van der Waals surface area contributed by atoms with Crippen LogP contribution in [0.5, 0.6) is 0 Å². The molecule has 1 unspecified atom stereocenters. The number of thioether (sulfide) groups is 1. The second-order valence-electron chi connectivity index (χ2n) is 4.57. The Morgan fingerprint density at radius 2 is 2.17 bits per heavy atom. The highest BCUT2D eigenvalue weighted by Gasteiger charge is 2.13. The molecule has 2 heterocycles. The number of amidine groups is 1. The van der Waals surface area contributed by atoms with Gasteiger partial charge in [0.2, 0.25) is 0 Å². The number of benzene rings is 1. The Kier molecular flexibility index (Phi) is 3.19. The van der Waals surface area contributed by atoms with Gasteiger partial charge >= 0.3 is 0 Å². The Bertz CT molecular complexity index is 589. The van der Waals surface area contributed by atoms with Crippen LogP contribution >= 0.6 is 11.8 Å². The minimum Gasteiger partial charge on any atom is -0.333 e. The summed E-state index contributed by atoms with van der Waals surface area (Å²) in [4.78, 5) is 8.99. The topological polar surface area (TPSA) is 37.3 Å². The van der Waals surface area contributed by atoms with E-state index in [9.17, 15) is 0 Å². The molecule has 3 rings (SSSR count). The molecule has 1 atom stereocenters. The molecule has 3 nitrogen and oxygen atoms in total. The maximum atomic E-state index is 4.55. The first-order chi connectivity index (χ1) is 8.83. The van der Waals surface area contributed by atoms with E-state index in [4.69, 9.17) is 0 Å². The Balaban J connectivity index is 1.91. The monoisotopic (exact) mass is 257 g/mol. The van der Waals surface area contributed by atoms with Crippen molar-refractivity contribution in [2.75, 3.05) is 17.6 Å². The summed E-state index contributed by atoms with van der Waals surface area (Å²) >= 11 is 1.79. The van der Waals surface area contributed by atoms with Crippen molar-refractivity contribution in [1.82, 2.24) is 4.98 Å². The van der Waals surface area contributed by atoms with Crippen LogP contribution in [-0.2, 0) is 0 Å². The standard InChI is InChI=1S/C14H15N3S/c1-10-8-16-14(18-9-10)17-12-6-2-4-11-5-3-7-15-13(11)12/h2-7,10H,8-9H2,1H3,(H,16,17). The molecule has 2 aromatic rings. The number of pyridine rings is 1. The second kappa shape index (κ2) is 4.98. The fourth-order valence-corrected chi connectivity index (χ4v) is 2.85. The van der Waals surface area contributed by atoms with Gasteiger partial charge in [-0.25, -0.2) is 0 Å². The van der Waals surface area contributed by atoms with Crippen LogP contribution in [0.4, 0.5) is 5.69 Å². The van der Waals surface area contributed by atoms with E-state index in [2.05, 4.69) is 40.4 Å². The van der Waals surface area contributed by atoms with E-state index < -0.39 is 0 Å². The molecule has 1 N–H and O–H groups in total. The SMILES string of the molecule is CC1CN=C(Nc2cccc3cccnc23)SC1. The molecule has 1 aliphatic heterocycles. The van der Waals surface area contributed by atoms with E-state index in [1.54, 1.807) is 11.8 Å². The quantitative estimate of drug-likeness (QED) is 0.851. The number of anilines is 1. The molecule has 1 aromatic heterocycles. The van der Waals surface area contributed by atoms with E-state index >= 15 is 0 Å². The third-order valence-corrected chi connectivity index (χ3v) is 4.17. The second-order valence-corrected chi connectivity index (χ2v) is 5.58. The third-order valence-electron chi connectivity index (χ3n) is 2.93. The van der Waals surface area contributed by atoms with Gasteiger partial charge in [0.1, 0.15) is 0 Å². The number of nitrogens with one attached hydrogen (secondary N) is 1. The Labute approximate surface area is 111 Å². The van der Waals surface area contributed by atoms with Crippen LogP contribution in [0.15, 0.2) is 41.5 Å². The van der Waals surface area contributed by atoms with Gasteiger partial charge in [0.25, 0.3) is 0 Å². The largest absolute Gasteiger partial charge is 0.333 e. The predicted octanol–water partition coefficient (Wildman–Crippen LogP) is 3.39. The molecule has 18 heavy (non-hydrogen) atoms. The van der Waals surface area contributed by atoms with E-state index in [1.165, 1.54) is 0 Å². The summed E-state index contributed by atoms with van der Waals surface area (Å²) in [6.45, 7) is 3.14. The van der Waals surface area contributed by atoms with Gasteiger partial charge < -0.3 is 5.32 Å². The van der Waals surface area contributed by atoms with Crippen molar-refractivity contribution in [3.63, 3.8) is 0 Å². The first-order valence-corrected chi connectivity index (χ1v) is 7.09. The minimum absolute atomic E-state index is 0.672. The Hall–Kier alpha value is -1.55. The van der Waals surface area contributed by atoms with Crippen molar-refractivity contribution in [3.05, 3.63) is 36.5 Å². The van der Waals surface area contributed by atoms with Crippen molar-refractivity contribution >= 4 is 33.5 Å². The lowest BCUT2D eigenvalue weighted by atomic mass is 10.2. The summed E-state index contributed by atoms with van der Waals surface area (Å²) in [6, 6.07) is 10.2. The first-order valence-electron chi connectivity index (χ1n) is 6.11. The zero-order valence-electron chi connectivity index (χ0n) is 10.3. The number of hydrogen-bond donors (Lipinski definition) is 1. The molecule has 92 valence electrons. The molecular formula is C14H15N3S. The van der Waals surface area contributed by atoms with Gasteiger partial charge in [-0.3, -0.25) is 9.98 Å². The first kappa shape index (κ1) is 11.5. The number of nitrogens with zero attached hydrogens (tertiary/aromatic N) is 2. The van der Waals surface area contributed by atoms with Crippen LogP contribution < -0.4 is 5.32 Å². The molecule has 0 aliphatic carbocycles. The predicted molar refractivity (Wildman–Crippen MR) is 79.3 cm³/mol. The van der Waals surface area contributed by atoms with Crippen molar-refractivity contribution in [2.45, 2.75) is 6.92 Å². The molecule has 0 bridgehead atoms. The molecule has 0 saturated carbocycles. The smallest absolute Gasteiger partial charge is 0.161 e. The van der Waals surface area contributed by atoms with Gasteiger partial charge in [-0.2, -0.15) is 0 Å². The van der Waals surface area contributed by atoms with Gasteiger partial charge in [-0.05, 0) is 18.1 Å². The molecule has 0 radical (unpaired) electrons. The summed E-state index contributed by atoms with van der Waals surface area (Å²) in [5, 5.41) is 5.55. The van der Waals surface area contributed by atoms with Crippen LogP contribution in [0.25, 0.3) is 10.9 Å². The van der Waals surface area contributed by atoms with Crippen LogP contribution in [0.3, 0.4) is 0 Å². The van der Waals surface area contributed by atoms with E-state index in [1.807, 2.05) is 18.3 Å². The fraction of sp³-hybridized carbons (Fsp3) is 0.286. The van der Waals surface area contributed by atoms with Crippen molar-refractivity contribution < 1.29 is 0 Å². The molecule has 0 spiro atoms.